The molecule has 6 nitrogen and oxygen atoms in total. The molecule has 0 aliphatic heterocycles. The molecule has 0 aliphatic rings. The molecule has 0 unspecified atom stereocenters. The van der Waals surface area contributed by atoms with E-state index in [1.165, 1.54) is 4.90 Å². The fourth-order valence-electron chi connectivity index (χ4n) is 0.892. The Morgan fingerprint density at radius 1 is 1.27 bits per heavy atom. The van der Waals surface area contributed by atoms with Crippen molar-refractivity contribution in [1.29, 1.82) is 0 Å². The summed E-state index contributed by atoms with van der Waals surface area (Å²) in [5, 5.41) is 29.6. The normalized spacial score (nSPS) is 11.5. The van der Waals surface area contributed by atoms with Crippen LogP contribution in [0.25, 0.3) is 0 Å². The van der Waals surface area contributed by atoms with Gasteiger partial charge in [0.1, 0.15) is 0 Å². The van der Waals surface area contributed by atoms with Gasteiger partial charge in [0.15, 0.2) is 0 Å². The molecular weight excluding hydrogens is 200 g/mol. The first-order valence-corrected chi connectivity index (χ1v) is 4.86. The van der Waals surface area contributed by atoms with Crippen LogP contribution in [0.15, 0.2) is 0 Å². The number of aliphatic hydroxyl groups is 3. The highest BCUT2D eigenvalue weighted by molar-refractivity contribution is 5.78. The first-order valence-electron chi connectivity index (χ1n) is 4.86. The Bertz CT molecular complexity index is 186. The zero-order chi connectivity index (χ0) is 11.9. The average Bonchev–Trinajstić information content (AvgIpc) is 2.30. The third-order valence-electron chi connectivity index (χ3n) is 2.42. The molecule has 4 N–H and O–H groups in total. The smallest absolute Gasteiger partial charge is 0.236 e. The van der Waals surface area contributed by atoms with Crippen LogP contribution in [0.4, 0.5) is 0 Å². The molecule has 0 spiro atoms. The number of carbonyl (C=O) groups excluding carboxylic acids is 1. The maximum Gasteiger partial charge on any atom is 0.236 e. The predicted octanol–water partition coefficient (Wildman–Crippen LogP) is -2.23. The zero-order valence-corrected chi connectivity index (χ0v) is 9.23. The number of carbonyl (C=O) groups is 1. The van der Waals surface area contributed by atoms with Crippen LogP contribution in [0.3, 0.4) is 0 Å². The maximum atomic E-state index is 11.4. The van der Waals surface area contributed by atoms with Gasteiger partial charge in [-0.3, -0.25) is 10.1 Å². The van der Waals surface area contributed by atoms with Gasteiger partial charge in [0.05, 0.1) is 31.9 Å². The molecule has 0 aromatic heterocycles. The maximum absolute atomic E-state index is 11.4. The summed E-state index contributed by atoms with van der Waals surface area (Å²) in [6.45, 7) is 1.13. The van der Waals surface area contributed by atoms with Gasteiger partial charge >= 0.3 is 0 Å². The molecule has 6 heteroatoms. The lowest BCUT2D eigenvalue weighted by Gasteiger charge is -2.29. The monoisotopic (exact) mass is 220 g/mol. The third kappa shape index (κ3) is 4.13. The van der Waals surface area contributed by atoms with Gasteiger partial charge < -0.3 is 20.2 Å². The van der Waals surface area contributed by atoms with Crippen LogP contribution in [0.2, 0.25) is 0 Å². The molecule has 1 amide bonds. The second kappa shape index (κ2) is 6.73. The summed E-state index contributed by atoms with van der Waals surface area (Å²) in [5.74, 6) is -0.155. The van der Waals surface area contributed by atoms with Crippen molar-refractivity contribution in [3.63, 3.8) is 0 Å². The van der Waals surface area contributed by atoms with Gasteiger partial charge in [-0.1, -0.05) is 0 Å². The molecule has 0 fully saturated rings. The van der Waals surface area contributed by atoms with Gasteiger partial charge in [0.2, 0.25) is 5.91 Å². The fraction of sp³-hybridized carbons (Fsp3) is 0.889. The lowest BCUT2D eigenvalue weighted by atomic mass is 10.0. The number of likely N-dealkylation sites (N-methyl/N-ethyl adjacent to an activating group) is 1. The summed E-state index contributed by atoms with van der Waals surface area (Å²) in [6, 6.07) is 0. The number of nitrogens with zero attached hydrogens (tertiary/aromatic N) is 1. The number of hydrogen-bond donors (Lipinski definition) is 4. The lowest BCUT2D eigenvalue weighted by molar-refractivity contribution is -0.129. The van der Waals surface area contributed by atoms with E-state index in [1.54, 1.807) is 7.05 Å². The van der Waals surface area contributed by atoms with E-state index in [-0.39, 0.29) is 12.5 Å². The standard InChI is InChI=1S/C9H20N2O4/c1-3-11(2)8(15)4-10-9(5-12,6-13)7-14/h10,12-14H,3-7H2,1-2H3. The summed E-state index contributed by atoms with van der Waals surface area (Å²) in [5.41, 5.74) is -1.19. The van der Waals surface area contributed by atoms with Crippen molar-refractivity contribution in [2.75, 3.05) is 40.0 Å². The highest BCUT2D eigenvalue weighted by Gasteiger charge is 2.28. The Morgan fingerprint density at radius 2 is 1.73 bits per heavy atom. The van der Waals surface area contributed by atoms with Crippen molar-refractivity contribution < 1.29 is 20.1 Å². The van der Waals surface area contributed by atoms with Gasteiger partial charge in [-0.05, 0) is 6.92 Å². The minimum Gasteiger partial charge on any atom is -0.394 e. The summed E-state index contributed by atoms with van der Waals surface area (Å²) >= 11 is 0. The minimum absolute atomic E-state index is 0.0218. The van der Waals surface area contributed by atoms with Crippen molar-refractivity contribution in [3.8, 4) is 0 Å². The number of aliphatic hydroxyl groups excluding tert-OH is 3. The van der Waals surface area contributed by atoms with Crippen LogP contribution in [0.5, 0.6) is 0 Å². The molecule has 0 radical (unpaired) electrons. The van der Waals surface area contributed by atoms with Crippen molar-refractivity contribution in [3.05, 3.63) is 0 Å². The molecular formula is C9H20N2O4. The molecule has 0 saturated heterocycles. The zero-order valence-electron chi connectivity index (χ0n) is 9.23. The van der Waals surface area contributed by atoms with E-state index in [4.69, 9.17) is 15.3 Å². The van der Waals surface area contributed by atoms with E-state index in [0.29, 0.717) is 6.54 Å². The number of hydrogen-bond acceptors (Lipinski definition) is 5. The molecule has 0 aromatic carbocycles. The van der Waals surface area contributed by atoms with Gasteiger partial charge in [-0.2, -0.15) is 0 Å². The predicted molar refractivity (Wildman–Crippen MR) is 55.3 cm³/mol. The number of amides is 1. The Hall–Kier alpha value is -0.690. The molecule has 0 saturated carbocycles. The van der Waals surface area contributed by atoms with Crippen molar-refractivity contribution in [2.45, 2.75) is 12.5 Å². The van der Waals surface area contributed by atoms with Crippen LogP contribution in [-0.4, -0.2) is 71.6 Å². The molecule has 90 valence electrons. The van der Waals surface area contributed by atoms with Crippen LogP contribution >= 0.6 is 0 Å². The Balaban J connectivity index is 4.16. The van der Waals surface area contributed by atoms with Gasteiger partial charge in [-0.25, -0.2) is 0 Å². The number of rotatable bonds is 7. The highest BCUT2D eigenvalue weighted by Crippen LogP contribution is 2.00. The summed E-state index contributed by atoms with van der Waals surface area (Å²) in [6.07, 6.45) is 0. The van der Waals surface area contributed by atoms with Gasteiger partial charge in [0, 0.05) is 13.6 Å². The second-order valence-corrected chi connectivity index (χ2v) is 3.52. The molecule has 0 atom stereocenters. The Morgan fingerprint density at radius 3 is 2.07 bits per heavy atom. The van der Waals surface area contributed by atoms with E-state index >= 15 is 0 Å². The summed E-state index contributed by atoms with van der Waals surface area (Å²) < 4.78 is 0. The lowest BCUT2D eigenvalue weighted by Crippen LogP contribution is -2.57. The van der Waals surface area contributed by atoms with Gasteiger partial charge in [-0.15, -0.1) is 0 Å². The molecule has 0 bridgehead atoms. The van der Waals surface area contributed by atoms with E-state index in [1.807, 2.05) is 6.92 Å². The van der Waals surface area contributed by atoms with E-state index in [9.17, 15) is 4.79 Å². The minimum atomic E-state index is -1.19. The fourth-order valence-corrected chi connectivity index (χ4v) is 0.892. The third-order valence-corrected chi connectivity index (χ3v) is 2.42. The largest absolute Gasteiger partial charge is 0.394 e. The van der Waals surface area contributed by atoms with E-state index in [2.05, 4.69) is 5.32 Å². The van der Waals surface area contributed by atoms with E-state index < -0.39 is 25.4 Å². The first-order chi connectivity index (χ1) is 7.05. The second-order valence-electron chi connectivity index (χ2n) is 3.52. The SMILES string of the molecule is CCN(C)C(=O)CNC(CO)(CO)CO. The van der Waals surface area contributed by atoms with E-state index in [0.717, 1.165) is 0 Å². The van der Waals surface area contributed by atoms with Crippen LogP contribution < -0.4 is 5.32 Å². The quantitative estimate of drug-likeness (QED) is 0.390. The molecule has 15 heavy (non-hydrogen) atoms. The number of nitrogens with one attached hydrogen (secondary N) is 1. The van der Waals surface area contributed by atoms with Crippen molar-refractivity contribution in [2.24, 2.45) is 0 Å². The highest BCUT2D eigenvalue weighted by atomic mass is 16.3. The summed E-state index contributed by atoms with van der Waals surface area (Å²) in [4.78, 5) is 12.9. The first kappa shape index (κ1) is 14.3. The Kier molecular flexibility index (Phi) is 6.42. The molecule has 0 aromatic rings. The average molecular weight is 220 g/mol. The topological polar surface area (TPSA) is 93.0 Å². The van der Waals surface area contributed by atoms with Gasteiger partial charge in [0.25, 0.3) is 0 Å². The van der Waals surface area contributed by atoms with Crippen molar-refractivity contribution in [1.82, 2.24) is 10.2 Å². The van der Waals surface area contributed by atoms with Crippen LogP contribution in [-0.2, 0) is 4.79 Å². The van der Waals surface area contributed by atoms with Crippen LogP contribution in [0.1, 0.15) is 6.92 Å². The molecule has 0 aliphatic carbocycles. The van der Waals surface area contributed by atoms with Crippen molar-refractivity contribution >= 4 is 5.91 Å². The summed E-state index contributed by atoms with van der Waals surface area (Å²) in [7, 11) is 1.66. The van der Waals surface area contributed by atoms with Crippen LogP contribution in [0, 0.1) is 0 Å². The molecule has 0 heterocycles. The Labute approximate surface area is 89.5 Å². The molecule has 0 rings (SSSR count).